The highest BCUT2D eigenvalue weighted by molar-refractivity contribution is 4.91. The molecule has 0 spiro atoms. The molecule has 0 aromatic heterocycles. The topological polar surface area (TPSA) is 26.0 Å². The van der Waals surface area contributed by atoms with Crippen LogP contribution in [0.3, 0.4) is 0 Å². The highest BCUT2D eigenvalue weighted by atomic mass is 14.5. The minimum Gasteiger partial charge on any atom is -0.330 e. The predicted molar refractivity (Wildman–Crippen MR) is 51.8 cm³/mol. The molecule has 0 aromatic carbocycles. The van der Waals surface area contributed by atoms with Crippen molar-refractivity contribution >= 4 is 0 Å². The van der Waals surface area contributed by atoms with Crippen LogP contribution in [0.4, 0.5) is 0 Å². The summed E-state index contributed by atoms with van der Waals surface area (Å²) >= 11 is 0. The summed E-state index contributed by atoms with van der Waals surface area (Å²) in [6.45, 7) is 3.28. The van der Waals surface area contributed by atoms with Crippen molar-refractivity contribution in [2.45, 2.75) is 39.0 Å². The summed E-state index contributed by atoms with van der Waals surface area (Å²) in [5.41, 5.74) is 5.60. The highest BCUT2D eigenvalue weighted by Crippen LogP contribution is 2.51. The molecule has 4 atom stereocenters. The van der Waals surface area contributed by atoms with E-state index in [9.17, 15) is 0 Å². The lowest BCUT2D eigenvalue weighted by molar-refractivity contribution is 0.233. The van der Waals surface area contributed by atoms with Crippen LogP contribution in [0.2, 0.25) is 0 Å². The first-order valence-corrected chi connectivity index (χ1v) is 5.51. The zero-order valence-electron chi connectivity index (χ0n) is 8.13. The number of hydrogen-bond donors (Lipinski definition) is 1. The molecule has 0 amide bonds. The molecule has 2 fully saturated rings. The molecule has 0 saturated heterocycles. The van der Waals surface area contributed by atoms with Crippen LogP contribution in [0.5, 0.6) is 0 Å². The van der Waals surface area contributed by atoms with E-state index in [-0.39, 0.29) is 0 Å². The molecule has 2 rings (SSSR count). The minimum absolute atomic E-state index is 0.884. The number of fused-ring (bicyclic) bond motifs is 2. The minimum atomic E-state index is 0.884. The van der Waals surface area contributed by atoms with E-state index in [2.05, 4.69) is 6.92 Å². The predicted octanol–water partition coefficient (Wildman–Crippen LogP) is 2.41. The van der Waals surface area contributed by atoms with Crippen molar-refractivity contribution in [2.75, 3.05) is 6.54 Å². The van der Waals surface area contributed by atoms with Crippen molar-refractivity contribution in [1.29, 1.82) is 0 Å². The summed E-state index contributed by atoms with van der Waals surface area (Å²) in [4.78, 5) is 0. The van der Waals surface area contributed by atoms with Crippen LogP contribution in [0.25, 0.3) is 0 Å². The maximum Gasteiger partial charge on any atom is -0.00746 e. The summed E-state index contributed by atoms with van der Waals surface area (Å²) < 4.78 is 0. The summed E-state index contributed by atoms with van der Waals surface area (Å²) in [5, 5.41) is 0. The van der Waals surface area contributed by atoms with E-state index in [1.165, 1.54) is 25.7 Å². The Morgan fingerprint density at radius 1 is 1.33 bits per heavy atom. The molecular formula is C11H21N. The number of nitrogens with two attached hydrogens (primary N) is 1. The Morgan fingerprint density at radius 2 is 2.17 bits per heavy atom. The van der Waals surface area contributed by atoms with Crippen LogP contribution in [-0.4, -0.2) is 6.54 Å². The Balaban J connectivity index is 1.89. The molecule has 0 aromatic rings. The second kappa shape index (κ2) is 3.37. The molecule has 2 aliphatic carbocycles. The van der Waals surface area contributed by atoms with Crippen LogP contribution in [0, 0.1) is 23.7 Å². The summed E-state index contributed by atoms with van der Waals surface area (Å²) in [6, 6.07) is 0. The molecule has 70 valence electrons. The third kappa shape index (κ3) is 1.39. The fraction of sp³-hybridized carbons (Fsp3) is 1.00. The zero-order chi connectivity index (χ0) is 8.55. The van der Waals surface area contributed by atoms with Crippen molar-refractivity contribution in [1.82, 2.24) is 0 Å². The van der Waals surface area contributed by atoms with Gasteiger partial charge in [-0.15, -0.1) is 0 Å². The number of rotatable bonds is 3. The average Bonchev–Trinajstić information content (AvgIpc) is 2.64. The van der Waals surface area contributed by atoms with Crippen LogP contribution in [0.1, 0.15) is 39.0 Å². The molecule has 12 heavy (non-hydrogen) atoms. The quantitative estimate of drug-likeness (QED) is 0.686. The Kier molecular flexibility index (Phi) is 2.40. The molecule has 1 heteroatoms. The van der Waals surface area contributed by atoms with Gasteiger partial charge < -0.3 is 5.73 Å². The number of hydrogen-bond acceptors (Lipinski definition) is 1. The molecule has 4 unspecified atom stereocenters. The lowest BCUT2D eigenvalue weighted by Gasteiger charge is -2.27. The Bertz CT molecular complexity index is 155. The normalized spacial score (nSPS) is 42.0. The van der Waals surface area contributed by atoms with Crippen LogP contribution in [0.15, 0.2) is 0 Å². The molecule has 2 saturated carbocycles. The van der Waals surface area contributed by atoms with Gasteiger partial charge in [-0.05, 0) is 55.9 Å². The van der Waals surface area contributed by atoms with Crippen molar-refractivity contribution in [2.24, 2.45) is 29.4 Å². The molecule has 1 nitrogen and oxygen atoms in total. The maximum absolute atomic E-state index is 5.60. The van der Waals surface area contributed by atoms with E-state index < -0.39 is 0 Å². The van der Waals surface area contributed by atoms with Gasteiger partial charge in [0.2, 0.25) is 0 Å². The van der Waals surface area contributed by atoms with Gasteiger partial charge in [-0.3, -0.25) is 0 Å². The van der Waals surface area contributed by atoms with Gasteiger partial charge in [0, 0.05) is 0 Å². The van der Waals surface area contributed by atoms with E-state index in [0.29, 0.717) is 0 Å². The zero-order valence-corrected chi connectivity index (χ0v) is 8.13. The van der Waals surface area contributed by atoms with E-state index in [1.807, 2.05) is 0 Å². The summed E-state index contributed by atoms with van der Waals surface area (Å²) in [7, 11) is 0. The van der Waals surface area contributed by atoms with Crippen LogP contribution in [-0.2, 0) is 0 Å². The first-order chi connectivity index (χ1) is 5.81. The van der Waals surface area contributed by atoms with Gasteiger partial charge in [0.1, 0.15) is 0 Å². The van der Waals surface area contributed by atoms with Crippen molar-refractivity contribution in [3.63, 3.8) is 0 Å². The van der Waals surface area contributed by atoms with Crippen LogP contribution >= 0.6 is 0 Å². The summed E-state index contributed by atoms with van der Waals surface area (Å²) in [5.74, 6) is 4.11. The third-order valence-corrected chi connectivity index (χ3v) is 4.15. The standard InChI is InChI=1S/C11H21N/c1-8(4-5-12)11-7-9-2-3-10(11)6-9/h8-11H,2-7,12H2,1H3. The lowest BCUT2D eigenvalue weighted by Crippen LogP contribution is -2.21. The summed E-state index contributed by atoms with van der Waals surface area (Å²) in [6.07, 6.45) is 7.35. The Labute approximate surface area is 75.7 Å². The first-order valence-electron chi connectivity index (χ1n) is 5.51. The lowest BCUT2D eigenvalue weighted by atomic mass is 9.79. The smallest absolute Gasteiger partial charge is 0.00746 e. The molecule has 2 bridgehead atoms. The largest absolute Gasteiger partial charge is 0.330 e. The van der Waals surface area contributed by atoms with Crippen LogP contribution < -0.4 is 5.73 Å². The van der Waals surface area contributed by atoms with E-state index in [0.717, 1.165) is 30.2 Å². The molecule has 2 N–H and O–H groups in total. The maximum atomic E-state index is 5.60. The van der Waals surface area contributed by atoms with Gasteiger partial charge in [-0.25, -0.2) is 0 Å². The SMILES string of the molecule is CC(CCN)C1CC2CCC1C2. The molecule has 0 radical (unpaired) electrons. The second-order valence-corrected chi connectivity index (χ2v) is 4.89. The van der Waals surface area contributed by atoms with E-state index in [4.69, 9.17) is 5.73 Å². The van der Waals surface area contributed by atoms with Crippen molar-refractivity contribution in [3.8, 4) is 0 Å². The van der Waals surface area contributed by atoms with Crippen molar-refractivity contribution in [3.05, 3.63) is 0 Å². The Hall–Kier alpha value is -0.0400. The van der Waals surface area contributed by atoms with Crippen molar-refractivity contribution < 1.29 is 0 Å². The fourth-order valence-electron chi connectivity index (χ4n) is 3.47. The Morgan fingerprint density at radius 3 is 2.67 bits per heavy atom. The first kappa shape index (κ1) is 8.55. The monoisotopic (exact) mass is 167 g/mol. The van der Waals surface area contributed by atoms with Gasteiger partial charge in [-0.1, -0.05) is 13.3 Å². The van der Waals surface area contributed by atoms with Gasteiger partial charge in [0.15, 0.2) is 0 Å². The van der Waals surface area contributed by atoms with Gasteiger partial charge in [0.05, 0.1) is 0 Å². The second-order valence-electron chi connectivity index (χ2n) is 4.89. The molecule has 2 aliphatic rings. The third-order valence-electron chi connectivity index (χ3n) is 4.15. The average molecular weight is 167 g/mol. The van der Waals surface area contributed by atoms with E-state index >= 15 is 0 Å². The van der Waals surface area contributed by atoms with E-state index in [1.54, 1.807) is 6.42 Å². The molecular weight excluding hydrogens is 146 g/mol. The van der Waals surface area contributed by atoms with Gasteiger partial charge in [0.25, 0.3) is 0 Å². The van der Waals surface area contributed by atoms with Gasteiger partial charge >= 0.3 is 0 Å². The highest BCUT2D eigenvalue weighted by Gasteiger charge is 2.41. The fourth-order valence-corrected chi connectivity index (χ4v) is 3.47. The molecule has 0 aliphatic heterocycles. The van der Waals surface area contributed by atoms with Gasteiger partial charge in [-0.2, -0.15) is 0 Å². The molecule has 0 heterocycles.